The second-order valence-corrected chi connectivity index (χ2v) is 5.26. The van der Waals surface area contributed by atoms with Gasteiger partial charge in [0.2, 0.25) is 11.6 Å². The number of nitrogens with one attached hydrogen (secondary N) is 1. The molecule has 0 radical (unpaired) electrons. The first kappa shape index (κ1) is 17.1. The highest BCUT2D eigenvalue weighted by molar-refractivity contribution is 6.00. The van der Waals surface area contributed by atoms with Crippen molar-refractivity contribution < 1.29 is 19.4 Å². The van der Waals surface area contributed by atoms with Crippen LogP contribution in [-0.2, 0) is 0 Å². The molecular formula is C15H23NO5. The van der Waals surface area contributed by atoms with E-state index in [-0.39, 0.29) is 23.1 Å². The van der Waals surface area contributed by atoms with E-state index in [2.05, 4.69) is 4.98 Å². The number of hydrogen-bond acceptors (Lipinski definition) is 5. The van der Waals surface area contributed by atoms with Crippen LogP contribution >= 0.6 is 0 Å². The van der Waals surface area contributed by atoms with E-state index in [9.17, 15) is 14.7 Å². The highest BCUT2D eigenvalue weighted by Gasteiger charge is 2.27. The van der Waals surface area contributed by atoms with Gasteiger partial charge in [-0.05, 0) is 12.3 Å². The molecule has 0 amide bonds. The molecule has 0 unspecified atom stereocenters. The Morgan fingerprint density at radius 3 is 2.38 bits per heavy atom. The molecule has 0 fully saturated rings. The van der Waals surface area contributed by atoms with Gasteiger partial charge in [-0.3, -0.25) is 14.6 Å². The molecule has 1 rings (SSSR count). The number of methoxy groups -OCH3 is 2. The second kappa shape index (κ2) is 7.15. The van der Waals surface area contributed by atoms with Gasteiger partial charge in [-0.25, -0.2) is 0 Å². The summed E-state index contributed by atoms with van der Waals surface area (Å²) in [6, 6.07) is 0. The Labute approximate surface area is 124 Å². The average Bonchev–Trinajstić information content (AvgIpc) is 2.46. The number of carbonyl (C=O) groups is 1. The molecule has 118 valence electrons. The Kier molecular flexibility index (Phi) is 5.81. The highest BCUT2D eigenvalue weighted by atomic mass is 16.5. The van der Waals surface area contributed by atoms with Crippen LogP contribution < -0.4 is 15.0 Å². The Hall–Kier alpha value is -1.98. The minimum absolute atomic E-state index is 0.00821. The molecule has 2 atom stereocenters. The van der Waals surface area contributed by atoms with Crippen LogP contribution in [0.25, 0.3) is 0 Å². The summed E-state index contributed by atoms with van der Waals surface area (Å²) in [5, 5.41) is 10.1. The summed E-state index contributed by atoms with van der Waals surface area (Å²) < 4.78 is 9.92. The first-order valence-corrected chi connectivity index (χ1v) is 6.98. The number of aromatic nitrogens is 1. The fourth-order valence-electron chi connectivity index (χ4n) is 2.24. The van der Waals surface area contributed by atoms with Crippen LogP contribution in [0.15, 0.2) is 4.79 Å². The first-order chi connectivity index (χ1) is 9.87. The Morgan fingerprint density at radius 1 is 1.29 bits per heavy atom. The van der Waals surface area contributed by atoms with E-state index in [1.165, 1.54) is 14.2 Å². The topological polar surface area (TPSA) is 88.6 Å². The van der Waals surface area contributed by atoms with E-state index in [0.717, 1.165) is 6.42 Å². The summed E-state index contributed by atoms with van der Waals surface area (Å²) in [5.74, 6) is -0.910. The van der Waals surface area contributed by atoms with Crippen LogP contribution in [0.4, 0.5) is 0 Å². The van der Waals surface area contributed by atoms with Crippen LogP contribution in [-0.4, -0.2) is 30.1 Å². The third kappa shape index (κ3) is 3.56. The molecule has 0 aliphatic heterocycles. The molecule has 0 aliphatic carbocycles. The number of Topliss-reactive ketones (excluding diaryl/α,β-unsaturated/α-hetero) is 1. The van der Waals surface area contributed by atoms with Crippen LogP contribution in [0.1, 0.15) is 44.0 Å². The maximum Gasteiger partial charge on any atom is 0.265 e. The van der Waals surface area contributed by atoms with Crippen LogP contribution in [0.3, 0.4) is 0 Å². The van der Waals surface area contributed by atoms with Crippen molar-refractivity contribution in [2.24, 2.45) is 11.8 Å². The molecule has 21 heavy (non-hydrogen) atoms. The quantitative estimate of drug-likeness (QED) is 0.754. The maximum absolute atomic E-state index is 12.4. The predicted octanol–water partition coefficient (Wildman–Crippen LogP) is 2.35. The molecule has 0 aliphatic rings. The SMILES string of the molecule is CC[C@@H](C)C[C@H](C)C(=O)c1c(O)c(OC)c(OC)[nH]c1=O. The van der Waals surface area contributed by atoms with E-state index >= 15 is 0 Å². The van der Waals surface area contributed by atoms with Crippen LogP contribution in [0.2, 0.25) is 0 Å². The zero-order valence-electron chi connectivity index (χ0n) is 13.1. The molecule has 1 aromatic heterocycles. The van der Waals surface area contributed by atoms with Crippen molar-refractivity contribution in [1.29, 1.82) is 0 Å². The summed E-state index contributed by atoms with van der Waals surface area (Å²) >= 11 is 0. The van der Waals surface area contributed by atoms with Crippen molar-refractivity contribution in [2.75, 3.05) is 14.2 Å². The number of ketones is 1. The summed E-state index contributed by atoms with van der Waals surface area (Å²) in [6.45, 7) is 5.84. The van der Waals surface area contributed by atoms with Crippen molar-refractivity contribution in [1.82, 2.24) is 4.98 Å². The molecule has 0 saturated heterocycles. The van der Waals surface area contributed by atoms with Gasteiger partial charge in [0.15, 0.2) is 11.5 Å². The molecule has 0 saturated carbocycles. The summed E-state index contributed by atoms with van der Waals surface area (Å²) in [5.41, 5.74) is -0.949. The van der Waals surface area contributed by atoms with E-state index < -0.39 is 17.1 Å². The molecule has 6 nitrogen and oxygen atoms in total. The molecule has 1 aromatic rings. The average molecular weight is 297 g/mol. The van der Waals surface area contributed by atoms with Crippen LogP contribution in [0.5, 0.6) is 17.4 Å². The summed E-state index contributed by atoms with van der Waals surface area (Å²) in [6.07, 6.45) is 1.61. The van der Waals surface area contributed by atoms with Gasteiger partial charge in [0, 0.05) is 5.92 Å². The number of hydrogen-bond donors (Lipinski definition) is 2. The van der Waals surface area contributed by atoms with Gasteiger partial charge in [-0.15, -0.1) is 0 Å². The number of ether oxygens (including phenoxy) is 2. The Bertz CT molecular complexity index is 564. The van der Waals surface area contributed by atoms with Crippen molar-refractivity contribution >= 4 is 5.78 Å². The van der Waals surface area contributed by atoms with Crippen molar-refractivity contribution in [3.8, 4) is 17.4 Å². The summed E-state index contributed by atoms with van der Waals surface area (Å²) in [7, 11) is 2.66. The number of rotatable bonds is 7. The largest absolute Gasteiger partial charge is 0.503 e. The van der Waals surface area contributed by atoms with Gasteiger partial charge in [0.05, 0.1) is 14.2 Å². The molecule has 0 aromatic carbocycles. The van der Waals surface area contributed by atoms with Crippen LogP contribution in [0, 0.1) is 11.8 Å². The second-order valence-electron chi connectivity index (χ2n) is 5.26. The molecule has 0 spiro atoms. The number of aromatic amines is 1. The van der Waals surface area contributed by atoms with Gasteiger partial charge < -0.3 is 14.6 Å². The third-order valence-corrected chi connectivity index (χ3v) is 3.67. The molecule has 6 heteroatoms. The van der Waals surface area contributed by atoms with E-state index in [4.69, 9.17) is 9.47 Å². The zero-order valence-corrected chi connectivity index (χ0v) is 13.1. The van der Waals surface area contributed by atoms with Crippen molar-refractivity contribution in [2.45, 2.75) is 33.6 Å². The lowest BCUT2D eigenvalue weighted by Gasteiger charge is -2.16. The van der Waals surface area contributed by atoms with Gasteiger partial charge >= 0.3 is 0 Å². The molecular weight excluding hydrogens is 274 g/mol. The monoisotopic (exact) mass is 297 g/mol. The molecule has 2 N–H and O–H groups in total. The zero-order chi connectivity index (χ0) is 16.2. The summed E-state index contributed by atoms with van der Waals surface area (Å²) in [4.78, 5) is 26.9. The lowest BCUT2D eigenvalue weighted by atomic mass is 9.89. The number of aromatic hydroxyl groups is 1. The standard InChI is InChI=1S/C15H23NO5/c1-6-8(2)7-9(3)11(17)10-12(18)13(20-4)15(21-5)16-14(10)19/h8-9H,6-7H2,1-5H3,(H2,16,18,19)/t8-,9+/m1/s1. The lowest BCUT2D eigenvalue weighted by molar-refractivity contribution is 0.0907. The van der Waals surface area contributed by atoms with Gasteiger partial charge in [-0.2, -0.15) is 0 Å². The highest BCUT2D eigenvalue weighted by Crippen LogP contribution is 2.36. The van der Waals surface area contributed by atoms with E-state index in [1.54, 1.807) is 6.92 Å². The normalized spacial score (nSPS) is 13.6. The first-order valence-electron chi connectivity index (χ1n) is 6.98. The fourth-order valence-corrected chi connectivity index (χ4v) is 2.24. The smallest absolute Gasteiger partial charge is 0.265 e. The minimum atomic E-state index is -0.675. The van der Waals surface area contributed by atoms with Gasteiger partial charge in [0.25, 0.3) is 5.56 Å². The maximum atomic E-state index is 12.4. The minimum Gasteiger partial charge on any atom is -0.503 e. The van der Waals surface area contributed by atoms with Gasteiger partial charge in [0.1, 0.15) is 5.56 Å². The number of carbonyl (C=O) groups excluding carboxylic acids is 1. The number of pyridine rings is 1. The van der Waals surface area contributed by atoms with E-state index in [1.807, 2.05) is 13.8 Å². The van der Waals surface area contributed by atoms with Gasteiger partial charge in [-0.1, -0.05) is 27.2 Å². The molecule has 0 bridgehead atoms. The Balaban J connectivity index is 3.24. The van der Waals surface area contributed by atoms with E-state index in [0.29, 0.717) is 12.3 Å². The van der Waals surface area contributed by atoms with Crippen molar-refractivity contribution in [3.05, 3.63) is 15.9 Å². The fraction of sp³-hybridized carbons (Fsp3) is 0.600. The van der Waals surface area contributed by atoms with Crippen molar-refractivity contribution in [3.63, 3.8) is 0 Å². The Morgan fingerprint density at radius 2 is 1.90 bits per heavy atom. The lowest BCUT2D eigenvalue weighted by Crippen LogP contribution is -2.24. The number of H-pyrrole nitrogens is 1. The predicted molar refractivity (Wildman–Crippen MR) is 79.4 cm³/mol. The molecule has 1 heterocycles. The third-order valence-electron chi connectivity index (χ3n) is 3.67.